The molecule has 0 unspecified atom stereocenters. The third-order valence-electron chi connectivity index (χ3n) is 3.60. The number of nitrogens with two attached hydrogens (primary N) is 1. The molecule has 0 saturated heterocycles. The van der Waals surface area contributed by atoms with E-state index in [0.29, 0.717) is 11.9 Å². The first-order chi connectivity index (χ1) is 9.15. The van der Waals surface area contributed by atoms with Gasteiger partial charge in [-0.15, -0.1) is 0 Å². The van der Waals surface area contributed by atoms with Crippen LogP contribution in [0, 0.1) is 5.92 Å². The summed E-state index contributed by atoms with van der Waals surface area (Å²) in [6, 6.07) is 0. The van der Waals surface area contributed by atoms with Gasteiger partial charge >= 0.3 is 0 Å². The van der Waals surface area contributed by atoms with Crippen molar-refractivity contribution in [2.75, 3.05) is 36.6 Å². The highest BCUT2D eigenvalue weighted by Crippen LogP contribution is 2.26. The molecule has 0 aliphatic heterocycles. The van der Waals surface area contributed by atoms with Crippen LogP contribution in [0.1, 0.15) is 38.5 Å². The highest BCUT2D eigenvalue weighted by Gasteiger charge is 2.13. The first kappa shape index (κ1) is 13.8. The maximum atomic E-state index is 5.68. The summed E-state index contributed by atoms with van der Waals surface area (Å²) < 4.78 is 0. The summed E-state index contributed by atoms with van der Waals surface area (Å²) in [5.74, 6) is 2.28. The van der Waals surface area contributed by atoms with E-state index in [2.05, 4.69) is 20.3 Å². The molecule has 3 N–H and O–H groups in total. The van der Waals surface area contributed by atoms with Gasteiger partial charge in [-0.25, -0.2) is 0 Å². The fourth-order valence-corrected chi connectivity index (χ4v) is 2.52. The van der Waals surface area contributed by atoms with Gasteiger partial charge in [-0.05, 0) is 12.3 Å². The van der Waals surface area contributed by atoms with Crippen molar-refractivity contribution in [2.24, 2.45) is 5.92 Å². The first-order valence-electron chi connectivity index (χ1n) is 7.08. The van der Waals surface area contributed by atoms with E-state index in [0.717, 1.165) is 12.5 Å². The van der Waals surface area contributed by atoms with Crippen LogP contribution in [-0.4, -0.2) is 35.6 Å². The van der Waals surface area contributed by atoms with Gasteiger partial charge in [0.25, 0.3) is 0 Å². The fourth-order valence-electron chi connectivity index (χ4n) is 2.52. The van der Waals surface area contributed by atoms with E-state index in [4.69, 9.17) is 5.73 Å². The second-order valence-electron chi connectivity index (χ2n) is 5.43. The number of hydrogen-bond acceptors (Lipinski definition) is 6. The molecule has 2 rings (SSSR count). The van der Waals surface area contributed by atoms with Crippen molar-refractivity contribution in [1.29, 1.82) is 0 Å². The molecule has 0 radical (unpaired) electrons. The van der Waals surface area contributed by atoms with Gasteiger partial charge in [-0.2, -0.15) is 15.0 Å². The van der Waals surface area contributed by atoms with E-state index in [1.54, 1.807) is 0 Å². The molecule has 1 saturated carbocycles. The van der Waals surface area contributed by atoms with Gasteiger partial charge in [0.2, 0.25) is 17.8 Å². The summed E-state index contributed by atoms with van der Waals surface area (Å²) in [7, 11) is 3.78. The number of nitrogens with one attached hydrogen (secondary N) is 1. The third kappa shape index (κ3) is 4.22. The van der Waals surface area contributed by atoms with Gasteiger partial charge in [0.15, 0.2) is 0 Å². The van der Waals surface area contributed by atoms with Gasteiger partial charge in [-0.1, -0.05) is 32.1 Å². The number of nitrogens with zero attached hydrogens (tertiary/aromatic N) is 4. The van der Waals surface area contributed by atoms with Gasteiger partial charge in [0, 0.05) is 20.6 Å². The molecule has 1 aliphatic rings. The molecule has 1 heterocycles. The normalized spacial score (nSPS) is 16.3. The Labute approximate surface area is 114 Å². The predicted molar refractivity (Wildman–Crippen MR) is 78.2 cm³/mol. The first-order valence-corrected chi connectivity index (χ1v) is 7.08. The Balaban J connectivity index is 1.84. The van der Waals surface area contributed by atoms with Gasteiger partial charge in [0.1, 0.15) is 0 Å². The van der Waals surface area contributed by atoms with E-state index in [-0.39, 0.29) is 5.95 Å². The van der Waals surface area contributed by atoms with Gasteiger partial charge in [-0.3, -0.25) is 0 Å². The van der Waals surface area contributed by atoms with Crippen molar-refractivity contribution in [3.63, 3.8) is 0 Å². The Morgan fingerprint density at radius 2 is 1.89 bits per heavy atom. The number of anilines is 3. The maximum absolute atomic E-state index is 5.68. The molecular formula is C13H24N6. The molecule has 19 heavy (non-hydrogen) atoms. The number of aromatic nitrogens is 3. The molecular weight excluding hydrogens is 240 g/mol. The van der Waals surface area contributed by atoms with E-state index >= 15 is 0 Å². The predicted octanol–water partition coefficient (Wildman–Crippen LogP) is 1.90. The molecule has 0 aromatic carbocycles. The second kappa shape index (κ2) is 6.54. The van der Waals surface area contributed by atoms with Crippen LogP contribution in [0.15, 0.2) is 0 Å². The molecule has 1 aromatic rings. The lowest BCUT2D eigenvalue weighted by Gasteiger charge is -2.21. The van der Waals surface area contributed by atoms with Crippen molar-refractivity contribution in [3.8, 4) is 0 Å². The Hall–Kier alpha value is -1.59. The lowest BCUT2D eigenvalue weighted by molar-refractivity contribution is 0.345. The Kier molecular flexibility index (Phi) is 4.76. The second-order valence-corrected chi connectivity index (χ2v) is 5.43. The van der Waals surface area contributed by atoms with Crippen molar-refractivity contribution >= 4 is 17.8 Å². The van der Waals surface area contributed by atoms with Crippen molar-refractivity contribution in [2.45, 2.75) is 38.5 Å². The number of hydrogen-bond donors (Lipinski definition) is 2. The molecule has 1 fully saturated rings. The average Bonchev–Trinajstić information content (AvgIpc) is 2.39. The highest BCUT2D eigenvalue weighted by molar-refractivity contribution is 5.40. The van der Waals surface area contributed by atoms with Crippen LogP contribution in [-0.2, 0) is 0 Å². The number of rotatable bonds is 5. The molecule has 6 nitrogen and oxygen atoms in total. The van der Waals surface area contributed by atoms with E-state index in [9.17, 15) is 0 Å². The summed E-state index contributed by atoms with van der Waals surface area (Å²) in [6.45, 7) is 0.904. The minimum absolute atomic E-state index is 0.263. The molecule has 106 valence electrons. The molecule has 0 spiro atoms. The molecule has 6 heteroatoms. The zero-order valence-electron chi connectivity index (χ0n) is 11.9. The zero-order chi connectivity index (χ0) is 13.7. The molecule has 1 aliphatic carbocycles. The van der Waals surface area contributed by atoms with E-state index in [1.807, 2.05) is 19.0 Å². The Bertz CT molecular complexity index is 400. The van der Waals surface area contributed by atoms with Crippen LogP contribution in [0.3, 0.4) is 0 Å². The topological polar surface area (TPSA) is 80.0 Å². The van der Waals surface area contributed by atoms with Crippen LogP contribution in [0.5, 0.6) is 0 Å². The summed E-state index contributed by atoms with van der Waals surface area (Å²) in [5.41, 5.74) is 5.68. The smallest absolute Gasteiger partial charge is 0.231 e. The highest BCUT2D eigenvalue weighted by atomic mass is 15.3. The average molecular weight is 264 g/mol. The van der Waals surface area contributed by atoms with Crippen LogP contribution in [0.2, 0.25) is 0 Å². The lowest BCUT2D eigenvalue weighted by Crippen LogP contribution is -2.18. The summed E-state index contributed by atoms with van der Waals surface area (Å²) in [5, 5.41) is 3.26. The van der Waals surface area contributed by atoms with Crippen molar-refractivity contribution in [3.05, 3.63) is 0 Å². The zero-order valence-corrected chi connectivity index (χ0v) is 11.9. The van der Waals surface area contributed by atoms with Gasteiger partial charge in [0.05, 0.1) is 0 Å². The summed E-state index contributed by atoms with van der Waals surface area (Å²) in [4.78, 5) is 14.3. The van der Waals surface area contributed by atoms with E-state index < -0.39 is 0 Å². The van der Waals surface area contributed by atoms with Crippen LogP contribution < -0.4 is 16.0 Å². The molecule has 1 aromatic heterocycles. The fraction of sp³-hybridized carbons (Fsp3) is 0.769. The largest absolute Gasteiger partial charge is 0.368 e. The van der Waals surface area contributed by atoms with Gasteiger partial charge < -0.3 is 16.0 Å². The monoisotopic (exact) mass is 264 g/mol. The summed E-state index contributed by atoms with van der Waals surface area (Å²) in [6.07, 6.45) is 8.08. The van der Waals surface area contributed by atoms with Crippen molar-refractivity contribution < 1.29 is 0 Å². The van der Waals surface area contributed by atoms with Crippen molar-refractivity contribution in [1.82, 2.24) is 15.0 Å². The molecule has 0 amide bonds. The minimum Gasteiger partial charge on any atom is -0.368 e. The van der Waals surface area contributed by atoms with E-state index in [1.165, 1.54) is 38.5 Å². The Morgan fingerprint density at radius 1 is 1.16 bits per heavy atom. The lowest BCUT2D eigenvalue weighted by atomic mass is 9.87. The quantitative estimate of drug-likeness (QED) is 0.845. The third-order valence-corrected chi connectivity index (χ3v) is 3.60. The molecule has 0 bridgehead atoms. The number of nitrogen functional groups attached to an aromatic ring is 1. The maximum Gasteiger partial charge on any atom is 0.231 e. The van der Waals surface area contributed by atoms with Crippen LogP contribution in [0.25, 0.3) is 0 Å². The summed E-state index contributed by atoms with van der Waals surface area (Å²) >= 11 is 0. The molecule has 0 atom stereocenters. The van der Waals surface area contributed by atoms with Crippen LogP contribution >= 0.6 is 0 Å². The minimum atomic E-state index is 0.263. The SMILES string of the molecule is CN(C)c1nc(N)nc(NCCC2CCCCC2)n1. The Morgan fingerprint density at radius 3 is 2.58 bits per heavy atom. The standard InChI is InChI=1S/C13H24N6/c1-19(2)13-17-11(14)16-12(18-13)15-9-8-10-6-4-3-5-7-10/h10H,3-9H2,1-2H3,(H3,14,15,16,17,18). The van der Waals surface area contributed by atoms with Crippen LogP contribution in [0.4, 0.5) is 17.8 Å².